The third kappa shape index (κ3) is 5.03. The Morgan fingerprint density at radius 1 is 0.921 bits per heavy atom. The van der Waals surface area contributed by atoms with Gasteiger partial charge in [-0.1, -0.05) is 17.7 Å². The Morgan fingerprint density at radius 2 is 1.61 bits per heavy atom. The fourth-order valence-corrected chi connectivity index (χ4v) is 7.78. The maximum atomic E-state index is 13.4. The highest BCUT2D eigenvalue weighted by Gasteiger charge is 2.36. The second-order valence-electron chi connectivity index (χ2n) is 10.7. The van der Waals surface area contributed by atoms with Gasteiger partial charge in [-0.3, -0.25) is 9.59 Å². The molecule has 2 aromatic carbocycles. The van der Waals surface area contributed by atoms with E-state index in [1.165, 1.54) is 11.2 Å². The van der Waals surface area contributed by atoms with Gasteiger partial charge in [-0.2, -0.15) is 4.31 Å². The summed E-state index contributed by atoms with van der Waals surface area (Å²) in [4.78, 5) is 31.5. The van der Waals surface area contributed by atoms with Crippen LogP contribution in [0.1, 0.15) is 37.8 Å². The highest BCUT2D eigenvalue weighted by atomic mass is 35.5. The minimum Gasteiger partial charge on any atom is -0.368 e. The summed E-state index contributed by atoms with van der Waals surface area (Å²) in [5.74, 6) is -0.0779. The molecule has 2 amide bonds. The molecule has 3 heterocycles. The Kier molecular flexibility index (Phi) is 7.46. The van der Waals surface area contributed by atoms with E-state index in [1.807, 2.05) is 30.0 Å². The minimum absolute atomic E-state index is 0.0126. The Labute approximate surface area is 230 Å². The van der Waals surface area contributed by atoms with Crippen molar-refractivity contribution in [2.24, 2.45) is 5.92 Å². The van der Waals surface area contributed by atoms with Crippen LogP contribution in [-0.2, 0) is 26.0 Å². The maximum absolute atomic E-state index is 13.4. The number of aryl methyl sites for hydroxylation is 1. The molecule has 2 fully saturated rings. The normalized spacial score (nSPS) is 21.1. The second kappa shape index (κ2) is 10.5. The Balaban J connectivity index is 1.18. The largest absolute Gasteiger partial charge is 0.368 e. The molecule has 1 atom stereocenters. The number of carbonyl (C=O) groups is 2. The van der Waals surface area contributed by atoms with Gasteiger partial charge >= 0.3 is 0 Å². The summed E-state index contributed by atoms with van der Waals surface area (Å²) < 4.78 is 28.3. The van der Waals surface area contributed by atoms with Crippen molar-refractivity contribution < 1.29 is 18.0 Å². The number of halogens is 1. The molecule has 204 valence electrons. The van der Waals surface area contributed by atoms with Crippen molar-refractivity contribution >= 4 is 44.8 Å². The quantitative estimate of drug-likeness (QED) is 0.572. The van der Waals surface area contributed by atoms with E-state index in [9.17, 15) is 18.0 Å². The third-order valence-corrected chi connectivity index (χ3v) is 10.3. The first kappa shape index (κ1) is 27.0. The lowest BCUT2D eigenvalue weighted by Gasteiger charge is -2.39. The molecule has 0 radical (unpaired) electrons. The molecule has 0 unspecified atom stereocenters. The lowest BCUT2D eigenvalue weighted by molar-refractivity contribution is -0.137. The van der Waals surface area contributed by atoms with Crippen LogP contribution in [0.3, 0.4) is 0 Å². The lowest BCUT2D eigenvalue weighted by atomic mass is 9.96. The lowest BCUT2D eigenvalue weighted by Crippen LogP contribution is -2.52. The highest BCUT2D eigenvalue weighted by molar-refractivity contribution is 7.89. The molecule has 8 nitrogen and oxygen atoms in total. The summed E-state index contributed by atoms with van der Waals surface area (Å²) >= 11 is 6.20. The predicted molar refractivity (Wildman–Crippen MR) is 149 cm³/mol. The molecule has 38 heavy (non-hydrogen) atoms. The van der Waals surface area contributed by atoms with Gasteiger partial charge in [0.25, 0.3) is 0 Å². The zero-order chi connectivity index (χ0) is 27.2. The summed E-state index contributed by atoms with van der Waals surface area (Å²) in [6.45, 7) is 9.01. The molecule has 3 aliphatic rings. The minimum atomic E-state index is -3.67. The van der Waals surface area contributed by atoms with Crippen LogP contribution >= 0.6 is 11.6 Å². The van der Waals surface area contributed by atoms with Crippen LogP contribution in [0, 0.1) is 12.8 Å². The standard InChI is InChI=1S/C28H35ClN4O4S/c1-19-4-5-24(29)18-27(19)30-12-14-31(15-13-30)28(35)22-8-10-32(11-9-22)38(36,37)25-6-7-26-23(17-25)16-20(2)33(26)21(3)34/h4-7,17-18,20,22H,8-16H2,1-3H3/t20-/m0/s1. The van der Waals surface area contributed by atoms with Gasteiger partial charge in [0.1, 0.15) is 0 Å². The fourth-order valence-electron chi connectivity index (χ4n) is 6.09. The third-order valence-electron chi connectivity index (χ3n) is 8.15. The first-order valence-corrected chi connectivity index (χ1v) is 15.1. The Bertz CT molecular complexity index is 1350. The average molecular weight is 559 g/mol. The van der Waals surface area contributed by atoms with Crippen molar-refractivity contribution in [1.82, 2.24) is 9.21 Å². The molecule has 10 heteroatoms. The SMILES string of the molecule is CC(=O)N1c2ccc(S(=O)(=O)N3CCC(C(=O)N4CCN(c5cc(Cl)ccc5C)CC4)CC3)cc2C[C@@H]1C. The van der Waals surface area contributed by atoms with E-state index in [2.05, 4.69) is 11.8 Å². The summed E-state index contributed by atoms with van der Waals surface area (Å²) in [6, 6.07) is 10.9. The van der Waals surface area contributed by atoms with Crippen molar-refractivity contribution in [3.8, 4) is 0 Å². The predicted octanol–water partition coefficient (Wildman–Crippen LogP) is 3.70. The molecule has 0 aromatic heterocycles. The average Bonchev–Trinajstić information content (AvgIpc) is 3.25. The topological polar surface area (TPSA) is 81.2 Å². The van der Waals surface area contributed by atoms with Gasteiger partial charge in [0, 0.05) is 74.5 Å². The van der Waals surface area contributed by atoms with Crippen molar-refractivity contribution in [2.45, 2.75) is 51.0 Å². The number of sulfonamides is 1. The zero-order valence-electron chi connectivity index (χ0n) is 22.2. The molecule has 0 bridgehead atoms. The molecular formula is C28H35ClN4O4S. The van der Waals surface area contributed by atoms with Crippen LogP contribution in [0.25, 0.3) is 0 Å². The summed E-state index contributed by atoms with van der Waals surface area (Å²) in [5.41, 5.74) is 3.94. The smallest absolute Gasteiger partial charge is 0.243 e. The Morgan fingerprint density at radius 3 is 2.26 bits per heavy atom. The van der Waals surface area contributed by atoms with Crippen LogP contribution in [0.15, 0.2) is 41.3 Å². The van der Waals surface area contributed by atoms with Gasteiger partial charge in [0.05, 0.1) is 4.90 Å². The van der Waals surface area contributed by atoms with Crippen LogP contribution < -0.4 is 9.80 Å². The van der Waals surface area contributed by atoms with Crippen LogP contribution in [-0.4, -0.2) is 74.7 Å². The number of benzene rings is 2. The molecule has 5 rings (SSSR count). The van der Waals surface area contributed by atoms with Crippen LogP contribution in [0.5, 0.6) is 0 Å². The first-order chi connectivity index (χ1) is 18.1. The number of piperidine rings is 1. The van der Waals surface area contributed by atoms with E-state index in [-0.39, 0.29) is 28.7 Å². The zero-order valence-corrected chi connectivity index (χ0v) is 23.8. The molecule has 0 saturated carbocycles. The number of hydrogen-bond acceptors (Lipinski definition) is 5. The molecule has 0 N–H and O–H groups in total. The first-order valence-electron chi connectivity index (χ1n) is 13.3. The molecule has 3 aliphatic heterocycles. The van der Waals surface area contributed by atoms with Gasteiger partial charge in [-0.25, -0.2) is 8.42 Å². The van der Waals surface area contributed by atoms with Gasteiger partial charge < -0.3 is 14.7 Å². The van der Waals surface area contributed by atoms with Crippen molar-refractivity contribution in [2.75, 3.05) is 49.1 Å². The van der Waals surface area contributed by atoms with Gasteiger partial charge in [0.15, 0.2) is 0 Å². The number of fused-ring (bicyclic) bond motifs is 1. The van der Waals surface area contributed by atoms with E-state index in [0.717, 1.165) is 35.6 Å². The Hall–Kier alpha value is -2.62. The number of carbonyl (C=O) groups excluding carboxylic acids is 2. The van der Waals surface area contributed by atoms with E-state index < -0.39 is 10.0 Å². The molecule has 2 saturated heterocycles. The summed E-state index contributed by atoms with van der Waals surface area (Å²) in [6.07, 6.45) is 1.68. The number of piperazine rings is 1. The monoisotopic (exact) mass is 558 g/mol. The van der Waals surface area contributed by atoms with E-state index in [1.54, 1.807) is 23.1 Å². The number of hydrogen-bond donors (Lipinski definition) is 0. The van der Waals surface area contributed by atoms with Crippen molar-refractivity contribution in [3.05, 3.63) is 52.5 Å². The van der Waals surface area contributed by atoms with Gasteiger partial charge in [0.2, 0.25) is 21.8 Å². The molecular weight excluding hydrogens is 524 g/mol. The summed E-state index contributed by atoms with van der Waals surface area (Å²) in [5, 5.41) is 0.707. The molecule has 0 spiro atoms. The van der Waals surface area contributed by atoms with E-state index in [0.29, 0.717) is 50.5 Å². The van der Waals surface area contributed by atoms with Crippen LogP contribution in [0.4, 0.5) is 11.4 Å². The molecule has 2 aromatic rings. The summed E-state index contributed by atoms with van der Waals surface area (Å²) in [7, 11) is -3.67. The number of amides is 2. The van der Waals surface area contributed by atoms with E-state index >= 15 is 0 Å². The second-order valence-corrected chi connectivity index (χ2v) is 13.0. The molecule has 0 aliphatic carbocycles. The number of nitrogens with zero attached hydrogens (tertiary/aromatic N) is 4. The van der Waals surface area contributed by atoms with Crippen molar-refractivity contribution in [3.63, 3.8) is 0 Å². The van der Waals surface area contributed by atoms with Crippen molar-refractivity contribution in [1.29, 1.82) is 0 Å². The number of rotatable bonds is 4. The van der Waals surface area contributed by atoms with Crippen LogP contribution in [0.2, 0.25) is 5.02 Å². The van der Waals surface area contributed by atoms with Gasteiger partial charge in [-0.15, -0.1) is 0 Å². The van der Waals surface area contributed by atoms with E-state index in [4.69, 9.17) is 11.6 Å². The fraction of sp³-hybridized carbons (Fsp3) is 0.500. The highest BCUT2D eigenvalue weighted by Crippen LogP contribution is 2.35. The maximum Gasteiger partial charge on any atom is 0.243 e. The number of anilines is 2. The van der Waals surface area contributed by atoms with Gasteiger partial charge in [-0.05, 0) is 74.6 Å².